The summed E-state index contributed by atoms with van der Waals surface area (Å²) in [6, 6.07) is 4.79. The fourth-order valence-corrected chi connectivity index (χ4v) is 2.64. The molecule has 1 fully saturated rings. The van der Waals surface area contributed by atoms with Crippen molar-refractivity contribution in [3.63, 3.8) is 0 Å². The molecule has 106 valence electrons. The van der Waals surface area contributed by atoms with Gasteiger partial charge in [0.05, 0.1) is 0 Å². The van der Waals surface area contributed by atoms with E-state index < -0.39 is 11.6 Å². The number of rotatable bonds is 4. The first kappa shape index (κ1) is 14.4. The number of benzene rings is 1. The summed E-state index contributed by atoms with van der Waals surface area (Å²) in [4.78, 5) is 2.16. The summed E-state index contributed by atoms with van der Waals surface area (Å²) in [7, 11) is 0. The normalized spacial score (nSPS) is 24.6. The van der Waals surface area contributed by atoms with Gasteiger partial charge in [0.1, 0.15) is 11.6 Å². The molecule has 1 heterocycles. The van der Waals surface area contributed by atoms with Gasteiger partial charge in [-0.05, 0) is 25.5 Å². The van der Waals surface area contributed by atoms with Crippen LogP contribution in [0.3, 0.4) is 0 Å². The van der Waals surface area contributed by atoms with E-state index in [1.165, 1.54) is 18.2 Å². The molecule has 2 unspecified atom stereocenters. The third-order valence-corrected chi connectivity index (χ3v) is 3.84. The molecule has 0 saturated carbocycles. The van der Waals surface area contributed by atoms with Crippen molar-refractivity contribution < 1.29 is 8.78 Å². The van der Waals surface area contributed by atoms with Gasteiger partial charge in [-0.15, -0.1) is 0 Å². The molecular weight excluding hydrogens is 246 g/mol. The molecule has 1 N–H and O–H groups in total. The zero-order valence-electron chi connectivity index (χ0n) is 11.6. The molecule has 19 heavy (non-hydrogen) atoms. The lowest BCUT2D eigenvalue weighted by atomic mass is 10.0. The molecule has 1 aliphatic heterocycles. The summed E-state index contributed by atoms with van der Waals surface area (Å²) >= 11 is 0. The van der Waals surface area contributed by atoms with Crippen molar-refractivity contribution >= 4 is 0 Å². The van der Waals surface area contributed by atoms with Crippen LogP contribution in [0.25, 0.3) is 0 Å². The highest BCUT2D eigenvalue weighted by Crippen LogP contribution is 2.18. The SMILES string of the molecule is CCCC1CN(Cc2c(F)cccc2F)C(C)CN1. The maximum atomic E-state index is 13.7. The highest BCUT2D eigenvalue weighted by atomic mass is 19.1. The second-order valence-corrected chi connectivity index (χ2v) is 5.37. The molecule has 0 aromatic heterocycles. The minimum Gasteiger partial charge on any atom is -0.311 e. The third-order valence-electron chi connectivity index (χ3n) is 3.84. The van der Waals surface area contributed by atoms with Crippen LogP contribution in [0.5, 0.6) is 0 Å². The molecular formula is C15H22F2N2. The van der Waals surface area contributed by atoms with Gasteiger partial charge < -0.3 is 5.32 Å². The monoisotopic (exact) mass is 268 g/mol. The molecule has 0 radical (unpaired) electrons. The Balaban J connectivity index is 2.08. The van der Waals surface area contributed by atoms with Gasteiger partial charge in [0, 0.05) is 37.3 Å². The summed E-state index contributed by atoms with van der Waals surface area (Å²) in [5.74, 6) is -0.893. The zero-order chi connectivity index (χ0) is 13.8. The van der Waals surface area contributed by atoms with E-state index >= 15 is 0 Å². The van der Waals surface area contributed by atoms with Crippen LogP contribution < -0.4 is 5.32 Å². The molecule has 2 atom stereocenters. The van der Waals surface area contributed by atoms with Gasteiger partial charge in [0.15, 0.2) is 0 Å². The van der Waals surface area contributed by atoms with Crippen LogP contribution in [0, 0.1) is 11.6 Å². The number of hydrogen-bond acceptors (Lipinski definition) is 2. The number of nitrogens with zero attached hydrogens (tertiary/aromatic N) is 1. The molecule has 1 aliphatic rings. The predicted molar refractivity (Wildman–Crippen MR) is 72.9 cm³/mol. The van der Waals surface area contributed by atoms with Crippen molar-refractivity contribution in [1.29, 1.82) is 0 Å². The number of halogens is 2. The topological polar surface area (TPSA) is 15.3 Å². The van der Waals surface area contributed by atoms with Crippen molar-refractivity contribution in [2.75, 3.05) is 13.1 Å². The minimum atomic E-state index is -0.447. The van der Waals surface area contributed by atoms with E-state index in [1.54, 1.807) is 0 Å². The van der Waals surface area contributed by atoms with Gasteiger partial charge in [-0.2, -0.15) is 0 Å². The molecule has 2 rings (SSSR count). The largest absolute Gasteiger partial charge is 0.311 e. The summed E-state index contributed by atoms with van der Waals surface area (Å²) in [5, 5.41) is 3.49. The number of piperazine rings is 1. The van der Waals surface area contributed by atoms with Crippen molar-refractivity contribution in [2.24, 2.45) is 0 Å². The average molecular weight is 268 g/mol. The van der Waals surface area contributed by atoms with E-state index in [0.29, 0.717) is 18.6 Å². The first-order valence-electron chi connectivity index (χ1n) is 7.02. The molecule has 0 amide bonds. The first-order valence-corrected chi connectivity index (χ1v) is 7.02. The molecule has 0 spiro atoms. The smallest absolute Gasteiger partial charge is 0.130 e. The van der Waals surface area contributed by atoms with Gasteiger partial charge in [0.2, 0.25) is 0 Å². The second kappa shape index (κ2) is 6.44. The van der Waals surface area contributed by atoms with Crippen molar-refractivity contribution in [3.8, 4) is 0 Å². The molecule has 1 saturated heterocycles. The number of nitrogens with one attached hydrogen (secondary N) is 1. The van der Waals surface area contributed by atoms with Crippen LogP contribution >= 0.6 is 0 Å². The van der Waals surface area contributed by atoms with Gasteiger partial charge in [-0.1, -0.05) is 19.4 Å². The lowest BCUT2D eigenvalue weighted by Crippen LogP contribution is -2.54. The van der Waals surface area contributed by atoms with Gasteiger partial charge >= 0.3 is 0 Å². The van der Waals surface area contributed by atoms with Crippen molar-refractivity contribution in [2.45, 2.75) is 45.3 Å². The Morgan fingerprint density at radius 2 is 2.00 bits per heavy atom. The molecule has 0 aliphatic carbocycles. The van der Waals surface area contributed by atoms with Crippen molar-refractivity contribution in [3.05, 3.63) is 35.4 Å². The van der Waals surface area contributed by atoms with Crippen LogP contribution in [0.4, 0.5) is 8.78 Å². The third kappa shape index (κ3) is 3.51. The van der Waals surface area contributed by atoms with Crippen LogP contribution in [-0.4, -0.2) is 30.1 Å². The van der Waals surface area contributed by atoms with Gasteiger partial charge in [0.25, 0.3) is 0 Å². The van der Waals surface area contributed by atoms with E-state index in [9.17, 15) is 8.78 Å². The van der Waals surface area contributed by atoms with E-state index in [4.69, 9.17) is 0 Å². The molecule has 1 aromatic rings. The predicted octanol–water partition coefficient (Wildman–Crippen LogP) is 2.93. The second-order valence-electron chi connectivity index (χ2n) is 5.37. The maximum Gasteiger partial charge on any atom is 0.130 e. The van der Waals surface area contributed by atoms with Crippen LogP contribution in [-0.2, 0) is 6.54 Å². The number of hydrogen-bond donors (Lipinski definition) is 1. The summed E-state index contributed by atoms with van der Waals surface area (Å²) in [6.45, 7) is 6.32. The standard InChI is InChI=1S/C15H22F2N2/c1-3-5-12-9-19(11(2)8-18-12)10-13-14(16)6-4-7-15(13)17/h4,6-7,11-12,18H,3,5,8-10H2,1-2H3. The fourth-order valence-electron chi connectivity index (χ4n) is 2.64. The molecule has 0 bridgehead atoms. The Labute approximate surface area is 113 Å². The zero-order valence-corrected chi connectivity index (χ0v) is 11.6. The maximum absolute atomic E-state index is 13.7. The molecule has 1 aromatic carbocycles. The quantitative estimate of drug-likeness (QED) is 0.903. The summed E-state index contributed by atoms with van der Waals surface area (Å²) < 4.78 is 27.4. The molecule has 2 nitrogen and oxygen atoms in total. The van der Waals surface area contributed by atoms with E-state index in [1.807, 2.05) is 0 Å². The average Bonchev–Trinajstić information content (AvgIpc) is 2.38. The lowest BCUT2D eigenvalue weighted by Gasteiger charge is -2.39. The van der Waals surface area contributed by atoms with E-state index in [0.717, 1.165) is 25.9 Å². The highest BCUT2D eigenvalue weighted by Gasteiger charge is 2.25. The van der Waals surface area contributed by atoms with Crippen molar-refractivity contribution in [1.82, 2.24) is 10.2 Å². The first-order chi connectivity index (χ1) is 9.11. The Hall–Kier alpha value is -1.00. The van der Waals surface area contributed by atoms with Gasteiger partial charge in [-0.25, -0.2) is 8.78 Å². The van der Waals surface area contributed by atoms with E-state index in [2.05, 4.69) is 24.1 Å². The van der Waals surface area contributed by atoms with E-state index in [-0.39, 0.29) is 5.56 Å². The lowest BCUT2D eigenvalue weighted by molar-refractivity contribution is 0.126. The van der Waals surface area contributed by atoms with Crippen LogP contribution in [0.15, 0.2) is 18.2 Å². The highest BCUT2D eigenvalue weighted by molar-refractivity contribution is 5.19. The molecule has 4 heteroatoms. The van der Waals surface area contributed by atoms with Crippen LogP contribution in [0.1, 0.15) is 32.3 Å². The fraction of sp³-hybridized carbons (Fsp3) is 0.600. The minimum absolute atomic E-state index is 0.187. The Bertz CT molecular complexity index is 402. The Morgan fingerprint density at radius 1 is 1.32 bits per heavy atom. The Kier molecular flexibility index (Phi) is 4.88. The summed E-state index contributed by atoms with van der Waals surface area (Å²) in [6.07, 6.45) is 2.22. The van der Waals surface area contributed by atoms with Crippen LogP contribution in [0.2, 0.25) is 0 Å². The summed E-state index contributed by atoms with van der Waals surface area (Å²) in [5.41, 5.74) is 0.187. The Morgan fingerprint density at radius 3 is 2.63 bits per heavy atom. The van der Waals surface area contributed by atoms with Gasteiger partial charge in [-0.3, -0.25) is 4.90 Å².